The normalized spacial score (nSPS) is 9.41. The van der Waals surface area contributed by atoms with E-state index in [9.17, 15) is 0 Å². The third kappa shape index (κ3) is 27.7. The van der Waals surface area contributed by atoms with Gasteiger partial charge in [0, 0.05) is 37.2 Å². The second-order valence-corrected chi connectivity index (χ2v) is 17.0. The molecular weight excluding hydrogens is 1110 g/mol. The Hall–Kier alpha value is -8.43. The maximum atomic E-state index is 5.12. The minimum Gasteiger partial charge on any atom is -0.685 e. The van der Waals surface area contributed by atoms with Gasteiger partial charge in [-0.3, -0.25) is 15.0 Å². The Balaban J connectivity index is 0.000000406. The maximum absolute atomic E-state index is 5.12. The van der Waals surface area contributed by atoms with E-state index in [-0.39, 0.29) is 51.2 Å². The van der Waals surface area contributed by atoms with Crippen LogP contribution >= 0.6 is 0 Å². The van der Waals surface area contributed by atoms with Crippen molar-refractivity contribution in [3.63, 3.8) is 0 Å². The van der Waals surface area contributed by atoms with Gasteiger partial charge in [-0.2, -0.15) is 34.1 Å². The molecule has 8 aromatic carbocycles. The first-order chi connectivity index (χ1) is 38.1. The second kappa shape index (κ2) is 41.6. The zero-order valence-corrected chi connectivity index (χ0v) is 47.7. The number of aromatic nitrogens is 3. The van der Waals surface area contributed by atoms with Crippen molar-refractivity contribution in [3.05, 3.63) is 360 Å². The molecule has 0 amide bonds. The molecule has 0 saturated carbocycles. The summed E-state index contributed by atoms with van der Waals surface area (Å²) in [5.74, 6) is 0. The predicted molar refractivity (Wildman–Crippen MR) is 324 cm³/mol. The Morgan fingerprint density at radius 3 is 0.600 bits per heavy atom. The van der Waals surface area contributed by atoms with Gasteiger partial charge < -0.3 is 31.9 Å². The van der Waals surface area contributed by atoms with E-state index in [4.69, 9.17) is 31.9 Å². The van der Waals surface area contributed by atoms with Gasteiger partial charge in [-0.25, -0.2) is 0 Å². The summed E-state index contributed by atoms with van der Waals surface area (Å²) in [5.41, 5.74) is 7.24. The summed E-state index contributed by atoms with van der Waals surface area (Å²) in [6.45, 7) is 3.68. The van der Waals surface area contributed by atoms with E-state index in [2.05, 4.69) is 21.9 Å². The van der Waals surface area contributed by atoms with Crippen molar-refractivity contribution < 1.29 is 51.2 Å². The summed E-state index contributed by atoms with van der Waals surface area (Å²) in [6.07, 6.45) is 10.5. The van der Waals surface area contributed by atoms with Crippen LogP contribution in [-0.2, 0) is 51.2 Å². The third-order valence-corrected chi connectivity index (χ3v) is 10.6. The molecule has 0 radical (unpaired) electrons. The van der Waals surface area contributed by atoms with Gasteiger partial charge in [-0.05, 0) is 36.4 Å². The van der Waals surface area contributed by atoms with E-state index in [0.29, 0.717) is 19.6 Å². The van der Waals surface area contributed by atoms with E-state index >= 15 is 0 Å². The fraction of sp³-hybridized carbons (Fsp3) is 0.0735. The van der Waals surface area contributed by atoms with Crippen LogP contribution in [0.25, 0.3) is 31.9 Å². The van der Waals surface area contributed by atoms with E-state index in [0.717, 1.165) is 51.2 Å². The van der Waals surface area contributed by atoms with Crippen LogP contribution in [0.15, 0.2) is 328 Å². The van der Waals surface area contributed by atoms with Gasteiger partial charge in [-0.1, -0.05) is 267 Å². The molecule has 80 heavy (non-hydrogen) atoms. The average Bonchev–Trinajstić information content (AvgIpc) is 3.52. The second-order valence-electron chi connectivity index (χ2n) is 17.0. The number of rotatable bonds is 15. The van der Waals surface area contributed by atoms with Gasteiger partial charge in [0.1, 0.15) is 0 Å². The standard InChI is InChI=1S/C41H36N6.2C6H6.3C5H5N.3Fe/c1-41(29-42-35-23-11-14-26-38(35)45-32-17-5-2-6-18-32,30-43-36-24-12-15-27-39(36)46-33-19-7-3-8-20-33)31-44-37-25-13-16-28-40(37)47-34-21-9-4-10-22-34;5*1-2-4-6-5-3-1;;;/h2-28H,29-31H2,1H3;2*1-6H;3*1-5H;;;/q-6;;;;;;3*+2. The quantitative estimate of drug-likeness (QED) is 0.0950. The van der Waals surface area contributed by atoms with Crippen molar-refractivity contribution in [3.8, 4) is 0 Å². The number of para-hydroxylation sites is 9. The number of nitrogens with zero attached hydrogens (tertiary/aromatic N) is 9. The molecule has 0 fully saturated rings. The molecule has 11 aromatic rings. The summed E-state index contributed by atoms with van der Waals surface area (Å²) < 4.78 is 0. The summed E-state index contributed by atoms with van der Waals surface area (Å²) in [4.78, 5) is 11.4. The van der Waals surface area contributed by atoms with Crippen LogP contribution in [0.3, 0.4) is 0 Å². The largest absolute Gasteiger partial charge is 2.00 e. The first-order valence-corrected chi connectivity index (χ1v) is 25.3. The van der Waals surface area contributed by atoms with Crippen LogP contribution in [0.1, 0.15) is 6.92 Å². The van der Waals surface area contributed by atoms with Gasteiger partial charge >= 0.3 is 51.2 Å². The molecule has 0 atom stereocenters. The van der Waals surface area contributed by atoms with Gasteiger partial charge in [0.2, 0.25) is 0 Å². The Labute approximate surface area is 506 Å². The molecule has 0 aliphatic rings. The summed E-state index contributed by atoms with van der Waals surface area (Å²) in [7, 11) is 0. The number of hydrogen-bond donors (Lipinski definition) is 0. The molecule has 3 aromatic heterocycles. The number of hydrogen-bond acceptors (Lipinski definition) is 3. The molecule has 0 saturated heterocycles. The van der Waals surface area contributed by atoms with Crippen LogP contribution in [-0.4, -0.2) is 34.6 Å². The van der Waals surface area contributed by atoms with Crippen LogP contribution < -0.4 is 0 Å². The van der Waals surface area contributed by atoms with Gasteiger partial charge in [-0.15, -0.1) is 36.7 Å². The molecule has 0 aliphatic carbocycles. The summed E-state index contributed by atoms with van der Waals surface area (Å²) in [6, 6.07) is 95.0. The van der Waals surface area contributed by atoms with Crippen LogP contribution in [0, 0.1) is 5.41 Å². The molecule has 0 N–H and O–H groups in total. The first-order valence-electron chi connectivity index (χ1n) is 25.3. The topological polar surface area (TPSA) is 123 Å². The zero-order chi connectivity index (χ0) is 53.4. The Morgan fingerprint density at radius 1 is 0.237 bits per heavy atom. The predicted octanol–water partition coefficient (Wildman–Crippen LogP) is 20.7. The monoisotopic (exact) mass is 1170 g/mol. The van der Waals surface area contributed by atoms with E-state index < -0.39 is 5.41 Å². The molecule has 0 spiro atoms. The fourth-order valence-electron chi connectivity index (χ4n) is 6.69. The van der Waals surface area contributed by atoms with Crippen molar-refractivity contribution >= 4 is 51.2 Å². The zero-order valence-electron chi connectivity index (χ0n) is 44.4. The molecule has 404 valence electrons. The van der Waals surface area contributed by atoms with Crippen molar-refractivity contribution in [2.45, 2.75) is 6.92 Å². The SMILES string of the molecule is CC(C[N-]c1ccccc1[N-]c1ccccc1)(C[N-]c1ccccc1[N-]c1ccccc1)C[N-]c1ccccc1[N-]c1ccccc1.[Fe+2].[Fe+2].[Fe+2].c1ccccc1.c1ccccc1.c1ccncc1.c1ccncc1.c1ccncc1. The van der Waals surface area contributed by atoms with E-state index in [1.165, 1.54) is 0 Å². The number of benzene rings is 8. The van der Waals surface area contributed by atoms with E-state index in [1.807, 2.05) is 291 Å². The molecular formula is C68H63Fe3N9. The fourth-order valence-corrected chi connectivity index (χ4v) is 6.69. The van der Waals surface area contributed by atoms with Crippen LogP contribution in [0.4, 0.5) is 51.2 Å². The molecule has 3 heterocycles. The van der Waals surface area contributed by atoms with Crippen LogP contribution in [0.2, 0.25) is 0 Å². The molecule has 9 nitrogen and oxygen atoms in total. The molecule has 12 heteroatoms. The smallest absolute Gasteiger partial charge is 0.685 e. The Kier molecular flexibility index (Phi) is 34.3. The molecule has 0 aliphatic heterocycles. The minimum atomic E-state index is -0.417. The van der Waals surface area contributed by atoms with Crippen molar-refractivity contribution in [1.82, 2.24) is 15.0 Å². The van der Waals surface area contributed by atoms with Gasteiger partial charge in [0.15, 0.2) is 0 Å². The summed E-state index contributed by atoms with van der Waals surface area (Å²) >= 11 is 0. The first kappa shape index (κ1) is 65.9. The van der Waals surface area contributed by atoms with Crippen molar-refractivity contribution in [2.24, 2.45) is 5.41 Å². The molecule has 0 bridgehead atoms. The minimum absolute atomic E-state index is 0. The van der Waals surface area contributed by atoms with Gasteiger partial charge in [0.25, 0.3) is 0 Å². The van der Waals surface area contributed by atoms with E-state index in [1.54, 1.807) is 37.2 Å². The number of pyridine rings is 3. The molecule has 11 rings (SSSR count). The third-order valence-electron chi connectivity index (χ3n) is 10.6. The maximum Gasteiger partial charge on any atom is 2.00 e. The Bertz CT molecular complexity index is 2590. The average molecular weight is 1170 g/mol. The summed E-state index contributed by atoms with van der Waals surface area (Å²) in [5, 5.41) is 30.0. The Morgan fingerprint density at radius 2 is 0.412 bits per heavy atom. The van der Waals surface area contributed by atoms with Crippen molar-refractivity contribution in [2.75, 3.05) is 19.6 Å². The van der Waals surface area contributed by atoms with Gasteiger partial charge in [0.05, 0.1) is 0 Å². The molecule has 0 unspecified atom stereocenters. The van der Waals surface area contributed by atoms with Crippen molar-refractivity contribution in [1.29, 1.82) is 0 Å². The van der Waals surface area contributed by atoms with Crippen LogP contribution in [0.5, 0.6) is 0 Å².